The number of aromatic nitrogens is 2. The molecule has 1 saturated carbocycles. The average Bonchev–Trinajstić information content (AvgIpc) is 2.93. The van der Waals surface area contributed by atoms with Gasteiger partial charge in [-0.2, -0.15) is 0 Å². The zero-order valence-electron chi connectivity index (χ0n) is 9.53. The maximum Gasteiger partial charge on any atom is 0.318 e. The summed E-state index contributed by atoms with van der Waals surface area (Å²) in [4.78, 5) is 2.06. The molecule has 1 heterocycles. The van der Waals surface area contributed by atoms with Crippen LogP contribution in [0.15, 0.2) is 4.42 Å². The Bertz CT molecular complexity index is 319. The minimum Gasteiger partial charge on any atom is -0.407 e. The third kappa shape index (κ3) is 2.68. The number of hydrogen-bond donors (Lipinski definition) is 1. The molecule has 1 fully saturated rings. The minimum absolute atomic E-state index is 0.432. The molecule has 5 nitrogen and oxygen atoms in total. The molecule has 2 rings (SSSR count). The van der Waals surface area contributed by atoms with Crippen LogP contribution in [0.25, 0.3) is 0 Å². The summed E-state index contributed by atoms with van der Waals surface area (Å²) in [6.45, 7) is 4.82. The van der Waals surface area contributed by atoms with Gasteiger partial charge in [0.15, 0.2) is 0 Å². The smallest absolute Gasteiger partial charge is 0.318 e. The second-order valence-electron chi connectivity index (χ2n) is 4.36. The summed E-state index contributed by atoms with van der Waals surface area (Å²) in [5.41, 5.74) is 0. The summed E-state index contributed by atoms with van der Waals surface area (Å²) < 4.78 is 5.54. The van der Waals surface area contributed by atoms with Crippen molar-refractivity contribution in [1.82, 2.24) is 15.5 Å². The van der Waals surface area contributed by atoms with Gasteiger partial charge >= 0.3 is 6.01 Å². The standard InChI is InChI=1S/C10H18N4O/c1-7(2)11-6-9-12-13-10(15-9)14(3)8-4-5-8/h7-8,11H,4-6H2,1-3H3. The fourth-order valence-corrected chi connectivity index (χ4v) is 1.37. The third-order valence-electron chi connectivity index (χ3n) is 2.51. The minimum atomic E-state index is 0.432. The molecule has 0 aromatic carbocycles. The van der Waals surface area contributed by atoms with Crippen molar-refractivity contribution in [1.29, 1.82) is 0 Å². The Kier molecular flexibility index (Phi) is 2.90. The summed E-state index contributed by atoms with van der Waals surface area (Å²) in [6, 6.07) is 1.68. The van der Waals surface area contributed by atoms with Crippen molar-refractivity contribution in [3.63, 3.8) is 0 Å². The summed E-state index contributed by atoms with van der Waals surface area (Å²) in [5.74, 6) is 0.659. The molecule has 0 unspecified atom stereocenters. The Morgan fingerprint density at radius 2 is 2.20 bits per heavy atom. The Hall–Kier alpha value is -1.10. The second kappa shape index (κ2) is 4.18. The molecule has 1 aliphatic carbocycles. The van der Waals surface area contributed by atoms with Crippen molar-refractivity contribution in [3.8, 4) is 0 Å². The topological polar surface area (TPSA) is 54.2 Å². The molecule has 1 N–H and O–H groups in total. The van der Waals surface area contributed by atoms with Crippen molar-refractivity contribution < 1.29 is 4.42 Å². The fourth-order valence-electron chi connectivity index (χ4n) is 1.37. The van der Waals surface area contributed by atoms with E-state index < -0.39 is 0 Å². The average molecular weight is 210 g/mol. The Morgan fingerprint density at radius 3 is 2.80 bits per heavy atom. The van der Waals surface area contributed by atoms with Crippen LogP contribution in [-0.4, -0.2) is 29.3 Å². The van der Waals surface area contributed by atoms with Crippen LogP contribution in [0.4, 0.5) is 6.01 Å². The van der Waals surface area contributed by atoms with E-state index in [0.29, 0.717) is 30.5 Å². The van der Waals surface area contributed by atoms with Crippen molar-refractivity contribution in [3.05, 3.63) is 5.89 Å². The van der Waals surface area contributed by atoms with E-state index in [9.17, 15) is 0 Å². The monoisotopic (exact) mass is 210 g/mol. The predicted molar refractivity (Wildman–Crippen MR) is 57.7 cm³/mol. The van der Waals surface area contributed by atoms with Crippen LogP contribution in [0, 0.1) is 0 Å². The lowest BCUT2D eigenvalue weighted by molar-refractivity contribution is 0.449. The second-order valence-corrected chi connectivity index (χ2v) is 4.36. The van der Waals surface area contributed by atoms with Crippen molar-refractivity contribution in [2.24, 2.45) is 0 Å². The van der Waals surface area contributed by atoms with Gasteiger partial charge in [-0.1, -0.05) is 18.9 Å². The van der Waals surface area contributed by atoms with Gasteiger partial charge in [0, 0.05) is 19.1 Å². The largest absolute Gasteiger partial charge is 0.407 e. The van der Waals surface area contributed by atoms with Crippen molar-refractivity contribution in [2.45, 2.75) is 45.3 Å². The van der Waals surface area contributed by atoms with Gasteiger partial charge < -0.3 is 14.6 Å². The molecule has 0 aliphatic heterocycles. The molecule has 0 spiro atoms. The van der Waals surface area contributed by atoms with Crippen LogP contribution in [0.5, 0.6) is 0 Å². The zero-order valence-corrected chi connectivity index (χ0v) is 9.53. The first-order valence-electron chi connectivity index (χ1n) is 5.45. The van der Waals surface area contributed by atoms with Gasteiger partial charge in [0.2, 0.25) is 5.89 Å². The number of anilines is 1. The quantitative estimate of drug-likeness (QED) is 0.790. The molecule has 0 radical (unpaired) electrons. The summed E-state index contributed by atoms with van der Waals surface area (Å²) in [7, 11) is 2.00. The highest BCUT2D eigenvalue weighted by Crippen LogP contribution is 2.29. The first-order valence-corrected chi connectivity index (χ1v) is 5.45. The van der Waals surface area contributed by atoms with Gasteiger partial charge in [0.1, 0.15) is 0 Å². The van der Waals surface area contributed by atoms with Gasteiger partial charge in [0.05, 0.1) is 6.54 Å². The normalized spacial score (nSPS) is 16.0. The van der Waals surface area contributed by atoms with E-state index in [0.717, 1.165) is 0 Å². The lowest BCUT2D eigenvalue weighted by atomic mass is 10.4. The van der Waals surface area contributed by atoms with Crippen LogP contribution in [0.3, 0.4) is 0 Å². The molecule has 5 heteroatoms. The Morgan fingerprint density at radius 1 is 1.47 bits per heavy atom. The fraction of sp³-hybridized carbons (Fsp3) is 0.800. The summed E-state index contributed by atoms with van der Waals surface area (Å²) in [6.07, 6.45) is 2.47. The van der Waals surface area contributed by atoms with Crippen LogP contribution < -0.4 is 10.2 Å². The van der Waals surface area contributed by atoms with Gasteiger partial charge in [-0.3, -0.25) is 0 Å². The molecule has 1 aromatic heterocycles. The van der Waals surface area contributed by atoms with Crippen molar-refractivity contribution >= 4 is 6.01 Å². The Balaban J connectivity index is 1.91. The van der Waals surface area contributed by atoms with E-state index in [1.165, 1.54) is 12.8 Å². The van der Waals surface area contributed by atoms with E-state index in [4.69, 9.17) is 4.42 Å². The summed E-state index contributed by atoms with van der Waals surface area (Å²) in [5, 5.41) is 11.3. The molecule has 84 valence electrons. The highest BCUT2D eigenvalue weighted by atomic mass is 16.4. The maximum absolute atomic E-state index is 5.54. The van der Waals surface area contributed by atoms with Crippen LogP contribution in [0.1, 0.15) is 32.6 Å². The van der Waals surface area contributed by atoms with E-state index in [-0.39, 0.29) is 0 Å². The lowest BCUT2D eigenvalue weighted by Gasteiger charge is -2.11. The molecule has 0 saturated heterocycles. The predicted octanol–water partition coefficient (Wildman–Crippen LogP) is 1.17. The van der Waals surface area contributed by atoms with E-state index >= 15 is 0 Å². The first kappa shape index (κ1) is 10.4. The molecule has 0 bridgehead atoms. The maximum atomic E-state index is 5.54. The molecule has 0 atom stereocenters. The lowest BCUT2D eigenvalue weighted by Crippen LogP contribution is -2.22. The van der Waals surface area contributed by atoms with Gasteiger partial charge in [0.25, 0.3) is 0 Å². The number of nitrogens with one attached hydrogen (secondary N) is 1. The highest BCUT2D eigenvalue weighted by Gasteiger charge is 2.29. The van der Waals surface area contributed by atoms with E-state index in [2.05, 4.69) is 34.3 Å². The molecule has 0 amide bonds. The molecule has 15 heavy (non-hydrogen) atoms. The molecular formula is C10H18N4O. The van der Waals surface area contributed by atoms with Gasteiger partial charge in [-0.05, 0) is 12.8 Å². The van der Waals surface area contributed by atoms with Crippen LogP contribution in [-0.2, 0) is 6.54 Å². The van der Waals surface area contributed by atoms with E-state index in [1.54, 1.807) is 0 Å². The number of hydrogen-bond acceptors (Lipinski definition) is 5. The van der Waals surface area contributed by atoms with Crippen molar-refractivity contribution in [2.75, 3.05) is 11.9 Å². The van der Waals surface area contributed by atoms with Gasteiger partial charge in [-0.25, -0.2) is 0 Å². The van der Waals surface area contributed by atoms with Gasteiger partial charge in [-0.15, -0.1) is 5.10 Å². The molecular weight excluding hydrogens is 192 g/mol. The number of nitrogens with zero attached hydrogens (tertiary/aromatic N) is 3. The zero-order chi connectivity index (χ0) is 10.8. The van der Waals surface area contributed by atoms with Crippen LogP contribution >= 0.6 is 0 Å². The van der Waals surface area contributed by atoms with Crippen LogP contribution in [0.2, 0.25) is 0 Å². The summed E-state index contributed by atoms with van der Waals surface area (Å²) >= 11 is 0. The number of rotatable bonds is 5. The van der Waals surface area contributed by atoms with E-state index in [1.807, 2.05) is 7.05 Å². The molecule has 1 aromatic rings. The highest BCUT2D eigenvalue weighted by molar-refractivity contribution is 5.27. The third-order valence-corrected chi connectivity index (χ3v) is 2.51. The Labute approximate surface area is 89.9 Å². The first-order chi connectivity index (χ1) is 7.16. The SMILES string of the molecule is CC(C)NCc1nnc(N(C)C2CC2)o1. The molecule has 1 aliphatic rings.